The summed E-state index contributed by atoms with van der Waals surface area (Å²) in [6.45, 7) is 0.448. The van der Waals surface area contributed by atoms with Crippen molar-refractivity contribution >= 4 is 17.6 Å². The normalized spacial score (nSPS) is 19.5. The first-order valence-electron chi connectivity index (χ1n) is 10.5. The summed E-state index contributed by atoms with van der Waals surface area (Å²) >= 11 is 0. The highest BCUT2D eigenvalue weighted by Gasteiger charge is 2.39. The number of carbonyl (C=O) groups excluding carboxylic acids is 2. The molecule has 0 saturated carbocycles. The Hall–Kier alpha value is -3.55. The average molecular weight is 438 g/mol. The van der Waals surface area contributed by atoms with Gasteiger partial charge in [-0.15, -0.1) is 0 Å². The lowest BCUT2D eigenvalue weighted by Gasteiger charge is -2.38. The number of rotatable bonds is 6. The van der Waals surface area contributed by atoms with Crippen LogP contribution in [0.2, 0.25) is 0 Å². The Morgan fingerprint density at radius 2 is 1.81 bits per heavy atom. The second-order valence-corrected chi connectivity index (χ2v) is 7.69. The highest BCUT2D eigenvalue weighted by atomic mass is 16.6. The molecule has 168 valence electrons. The molecule has 0 N–H and O–H groups in total. The van der Waals surface area contributed by atoms with E-state index in [0.717, 1.165) is 22.4 Å². The molecule has 8 nitrogen and oxygen atoms in total. The molecule has 4 rings (SSSR count). The van der Waals surface area contributed by atoms with Gasteiger partial charge in [0.2, 0.25) is 6.10 Å². The molecule has 2 heterocycles. The lowest BCUT2D eigenvalue weighted by molar-refractivity contribution is -0.149. The molecule has 0 fully saturated rings. The minimum absolute atomic E-state index is 0.0316. The predicted molar refractivity (Wildman–Crippen MR) is 117 cm³/mol. The third-order valence-electron chi connectivity index (χ3n) is 5.92. The fourth-order valence-corrected chi connectivity index (χ4v) is 4.25. The summed E-state index contributed by atoms with van der Waals surface area (Å²) in [5, 5.41) is 4.14. The van der Waals surface area contributed by atoms with E-state index in [2.05, 4.69) is 5.16 Å². The first-order chi connectivity index (χ1) is 15.5. The Labute approximate surface area is 186 Å². The van der Waals surface area contributed by atoms with Crippen molar-refractivity contribution in [1.29, 1.82) is 0 Å². The van der Waals surface area contributed by atoms with Crippen molar-refractivity contribution in [2.75, 3.05) is 27.9 Å². The zero-order valence-corrected chi connectivity index (χ0v) is 18.4. The van der Waals surface area contributed by atoms with Crippen molar-refractivity contribution < 1.29 is 28.6 Å². The second kappa shape index (κ2) is 9.30. The van der Waals surface area contributed by atoms with Gasteiger partial charge in [-0.25, -0.2) is 0 Å². The van der Waals surface area contributed by atoms with Gasteiger partial charge in [0.05, 0.1) is 39.5 Å². The van der Waals surface area contributed by atoms with Crippen molar-refractivity contribution in [2.45, 2.75) is 31.4 Å². The van der Waals surface area contributed by atoms with Crippen molar-refractivity contribution in [3.8, 4) is 11.5 Å². The third-order valence-corrected chi connectivity index (χ3v) is 5.92. The van der Waals surface area contributed by atoms with Gasteiger partial charge in [0, 0.05) is 13.0 Å². The average Bonchev–Trinajstić information content (AvgIpc) is 3.33. The van der Waals surface area contributed by atoms with Gasteiger partial charge in [-0.05, 0) is 35.2 Å². The molecule has 2 aliphatic heterocycles. The lowest BCUT2D eigenvalue weighted by atomic mass is 9.89. The van der Waals surface area contributed by atoms with Gasteiger partial charge in [0.15, 0.2) is 11.5 Å². The van der Waals surface area contributed by atoms with E-state index in [1.165, 1.54) is 7.11 Å². The summed E-state index contributed by atoms with van der Waals surface area (Å²) in [6.07, 6.45) is 0.303. The smallest absolute Gasteiger partial charge is 0.307 e. The lowest BCUT2D eigenvalue weighted by Crippen LogP contribution is -2.46. The van der Waals surface area contributed by atoms with Crippen LogP contribution in [-0.2, 0) is 25.6 Å². The zero-order valence-electron chi connectivity index (χ0n) is 18.4. The van der Waals surface area contributed by atoms with Crippen LogP contribution in [0, 0.1) is 0 Å². The Balaban J connectivity index is 1.60. The minimum Gasteiger partial charge on any atom is -0.493 e. The van der Waals surface area contributed by atoms with E-state index in [1.807, 2.05) is 42.5 Å². The Kier molecular flexibility index (Phi) is 6.30. The first kappa shape index (κ1) is 21.7. The Bertz CT molecular complexity index is 1040. The number of oxime groups is 1. The Morgan fingerprint density at radius 1 is 1.09 bits per heavy atom. The van der Waals surface area contributed by atoms with Crippen LogP contribution < -0.4 is 9.47 Å². The number of fused-ring (bicyclic) bond motifs is 1. The number of esters is 1. The van der Waals surface area contributed by atoms with Crippen molar-refractivity contribution in [2.24, 2.45) is 5.16 Å². The number of hydrogen-bond acceptors (Lipinski definition) is 7. The molecular weight excluding hydrogens is 412 g/mol. The van der Waals surface area contributed by atoms with Gasteiger partial charge in [-0.3, -0.25) is 9.59 Å². The molecule has 0 aromatic heterocycles. The van der Waals surface area contributed by atoms with Crippen LogP contribution in [0.4, 0.5) is 0 Å². The number of benzene rings is 2. The maximum absolute atomic E-state index is 13.5. The standard InChI is InChI=1S/C24H26N2O6/c1-29-20-11-16-9-10-26(19(14-23(27)31-3)17(16)12-21(20)30-2)24(28)22-13-18(25-32-22)15-7-5-4-6-8-15/h4-8,11-12,19,22H,9-10,13-14H2,1-3H3. The van der Waals surface area contributed by atoms with Crippen molar-refractivity contribution in [3.05, 3.63) is 59.2 Å². The zero-order chi connectivity index (χ0) is 22.7. The van der Waals surface area contributed by atoms with Gasteiger partial charge >= 0.3 is 5.97 Å². The van der Waals surface area contributed by atoms with E-state index in [1.54, 1.807) is 19.1 Å². The third kappa shape index (κ3) is 4.12. The van der Waals surface area contributed by atoms with E-state index < -0.39 is 18.1 Å². The van der Waals surface area contributed by atoms with Crippen LogP contribution in [0.5, 0.6) is 11.5 Å². The number of hydrogen-bond donors (Lipinski definition) is 0. The number of carbonyl (C=O) groups is 2. The maximum atomic E-state index is 13.5. The van der Waals surface area contributed by atoms with Gasteiger partial charge in [0.25, 0.3) is 5.91 Å². The van der Waals surface area contributed by atoms with Crippen LogP contribution in [0.3, 0.4) is 0 Å². The molecule has 0 radical (unpaired) electrons. The van der Waals surface area contributed by atoms with Gasteiger partial charge < -0.3 is 23.9 Å². The van der Waals surface area contributed by atoms with Crippen LogP contribution >= 0.6 is 0 Å². The summed E-state index contributed by atoms with van der Waals surface area (Å²) < 4.78 is 15.8. The first-order valence-corrected chi connectivity index (χ1v) is 10.5. The van der Waals surface area contributed by atoms with E-state index in [0.29, 0.717) is 30.9 Å². The van der Waals surface area contributed by atoms with Crippen molar-refractivity contribution in [3.63, 3.8) is 0 Å². The molecule has 2 unspecified atom stereocenters. The van der Waals surface area contributed by atoms with E-state index in [4.69, 9.17) is 19.0 Å². The largest absolute Gasteiger partial charge is 0.493 e. The van der Waals surface area contributed by atoms with Crippen LogP contribution in [0.15, 0.2) is 47.6 Å². The van der Waals surface area contributed by atoms with Gasteiger partial charge in [-0.1, -0.05) is 35.5 Å². The monoisotopic (exact) mass is 438 g/mol. The summed E-state index contributed by atoms with van der Waals surface area (Å²) in [4.78, 5) is 32.9. The summed E-state index contributed by atoms with van der Waals surface area (Å²) in [6, 6.07) is 12.9. The molecule has 1 amide bonds. The fourth-order valence-electron chi connectivity index (χ4n) is 4.25. The Morgan fingerprint density at radius 3 is 2.50 bits per heavy atom. The molecular formula is C24H26N2O6. The second-order valence-electron chi connectivity index (χ2n) is 7.69. The summed E-state index contributed by atoms with van der Waals surface area (Å²) in [5.74, 6) is 0.558. The molecule has 8 heteroatoms. The minimum atomic E-state index is -0.730. The molecule has 0 bridgehead atoms. The van der Waals surface area contributed by atoms with E-state index in [-0.39, 0.29) is 12.3 Å². The van der Waals surface area contributed by atoms with Crippen molar-refractivity contribution in [1.82, 2.24) is 4.90 Å². The fraction of sp³-hybridized carbons (Fsp3) is 0.375. The molecule has 0 saturated heterocycles. The van der Waals surface area contributed by atoms with E-state index >= 15 is 0 Å². The number of methoxy groups -OCH3 is 3. The summed E-state index contributed by atoms with van der Waals surface area (Å²) in [5.41, 5.74) is 3.51. The van der Waals surface area contributed by atoms with Gasteiger partial charge in [-0.2, -0.15) is 0 Å². The van der Waals surface area contributed by atoms with Crippen LogP contribution in [0.1, 0.15) is 35.6 Å². The quantitative estimate of drug-likeness (QED) is 0.645. The predicted octanol–water partition coefficient (Wildman–Crippen LogP) is 2.89. The maximum Gasteiger partial charge on any atom is 0.307 e. The highest BCUT2D eigenvalue weighted by Crippen LogP contribution is 2.40. The number of amides is 1. The van der Waals surface area contributed by atoms with Gasteiger partial charge in [0.1, 0.15) is 0 Å². The topological polar surface area (TPSA) is 86.7 Å². The molecule has 2 aromatic carbocycles. The SMILES string of the molecule is COC(=O)CC1c2cc(OC)c(OC)cc2CCN1C(=O)C1CC(c2ccccc2)=NO1. The molecule has 2 aliphatic rings. The highest BCUT2D eigenvalue weighted by molar-refractivity contribution is 6.04. The van der Waals surface area contributed by atoms with E-state index in [9.17, 15) is 9.59 Å². The molecule has 0 spiro atoms. The molecule has 0 aliphatic carbocycles. The number of ether oxygens (including phenoxy) is 3. The molecule has 2 aromatic rings. The van der Waals surface area contributed by atoms with Crippen LogP contribution in [-0.4, -0.2) is 56.5 Å². The van der Waals surface area contributed by atoms with Crippen LogP contribution in [0.25, 0.3) is 0 Å². The number of nitrogens with zero attached hydrogens (tertiary/aromatic N) is 2. The molecule has 32 heavy (non-hydrogen) atoms. The summed E-state index contributed by atoms with van der Waals surface area (Å²) in [7, 11) is 4.48. The molecule has 2 atom stereocenters.